The molecule has 106 valence electrons. The highest BCUT2D eigenvalue weighted by Crippen LogP contribution is 2.37. The summed E-state index contributed by atoms with van der Waals surface area (Å²) in [6, 6.07) is 9.66. The third kappa shape index (κ3) is 1.91. The van der Waals surface area contributed by atoms with Crippen LogP contribution in [0.1, 0.15) is 29.4 Å². The lowest BCUT2D eigenvalue weighted by Gasteiger charge is -2.14. The molecule has 0 radical (unpaired) electrons. The largest absolute Gasteiger partial charge is 0.508 e. The molecule has 0 aliphatic heterocycles. The average molecular weight is 281 g/mol. The summed E-state index contributed by atoms with van der Waals surface area (Å²) in [5.74, 6) is 1.93. The molecule has 6 nitrogen and oxygen atoms in total. The molecule has 1 aliphatic carbocycles. The normalized spacial score (nSPS) is 17.1. The molecule has 2 aromatic heterocycles. The number of nitrogens with zero attached hydrogens (tertiary/aromatic N) is 4. The fourth-order valence-corrected chi connectivity index (χ4v) is 2.94. The lowest BCUT2D eigenvalue weighted by molar-refractivity contribution is 0.469. The molecule has 1 atom stereocenters. The Labute approximate surface area is 121 Å². The second-order valence-electron chi connectivity index (χ2n) is 5.32. The van der Waals surface area contributed by atoms with Crippen LogP contribution in [0.2, 0.25) is 0 Å². The van der Waals surface area contributed by atoms with Crippen molar-refractivity contribution in [2.24, 2.45) is 0 Å². The summed E-state index contributed by atoms with van der Waals surface area (Å²) in [4.78, 5) is 0. The molecule has 0 saturated heterocycles. The van der Waals surface area contributed by atoms with Crippen LogP contribution in [0.3, 0.4) is 0 Å². The zero-order chi connectivity index (χ0) is 14.4. The molecule has 0 spiro atoms. The molecule has 0 saturated carbocycles. The minimum Gasteiger partial charge on any atom is -0.508 e. The maximum absolute atomic E-state index is 9.90. The predicted octanol–water partition coefficient (Wildman–Crippen LogP) is 2.24. The van der Waals surface area contributed by atoms with Gasteiger partial charge in [0.25, 0.3) is 0 Å². The Bertz CT molecular complexity index is 826. The number of rotatable bonds is 2. The maximum atomic E-state index is 9.90. The summed E-state index contributed by atoms with van der Waals surface area (Å²) in [5.41, 5.74) is 2.93. The van der Waals surface area contributed by atoms with Crippen LogP contribution in [0.5, 0.6) is 5.75 Å². The van der Waals surface area contributed by atoms with Gasteiger partial charge in [-0.3, -0.25) is 0 Å². The standard InChI is InChI=1S/C15H15N5O/c1-9-17-18-15-8-7-14(19-20(9)15)16-12-6-5-11-10(12)3-2-4-13(11)21/h2-4,7-8,12,21H,5-6H2,1H3,(H,16,19). The Hall–Kier alpha value is -2.63. The Balaban J connectivity index is 1.67. The number of phenols is 1. The molecule has 4 rings (SSSR count). The first-order valence-corrected chi connectivity index (χ1v) is 6.99. The number of aromatic hydroxyl groups is 1. The average Bonchev–Trinajstić information content (AvgIpc) is 3.05. The topological polar surface area (TPSA) is 75.3 Å². The van der Waals surface area contributed by atoms with Crippen LogP contribution in [-0.4, -0.2) is 24.9 Å². The highest BCUT2D eigenvalue weighted by atomic mass is 16.3. The van der Waals surface area contributed by atoms with E-state index < -0.39 is 0 Å². The Morgan fingerprint density at radius 1 is 1.24 bits per heavy atom. The number of nitrogens with one attached hydrogen (secondary N) is 1. The van der Waals surface area contributed by atoms with Gasteiger partial charge in [-0.2, -0.15) is 4.52 Å². The fraction of sp³-hybridized carbons (Fsp3) is 0.267. The Morgan fingerprint density at radius 3 is 3.05 bits per heavy atom. The smallest absolute Gasteiger partial charge is 0.178 e. The Morgan fingerprint density at radius 2 is 2.14 bits per heavy atom. The van der Waals surface area contributed by atoms with Crippen molar-refractivity contribution in [2.75, 3.05) is 5.32 Å². The highest BCUT2D eigenvalue weighted by Gasteiger charge is 2.24. The minimum absolute atomic E-state index is 0.175. The first-order valence-electron chi connectivity index (χ1n) is 6.99. The number of benzene rings is 1. The molecule has 1 aromatic carbocycles. The van der Waals surface area contributed by atoms with Gasteiger partial charge in [0.05, 0.1) is 6.04 Å². The van der Waals surface area contributed by atoms with Gasteiger partial charge in [0.15, 0.2) is 11.5 Å². The minimum atomic E-state index is 0.175. The van der Waals surface area contributed by atoms with Gasteiger partial charge in [0, 0.05) is 0 Å². The van der Waals surface area contributed by atoms with Crippen LogP contribution >= 0.6 is 0 Å². The predicted molar refractivity (Wildman–Crippen MR) is 78.3 cm³/mol. The first-order chi connectivity index (χ1) is 10.2. The zero-order valence-electron chi connectivity index (χ0n) is 11.6. The van der Waals surface area contributed by atoms with Crippen LogP contribution in [-0.2, 0) is 6.42 Å². The summed E-state index contributed by atoms with van der Waals surface area (Å²) >= 11 is 0. The quantitative estimate of drug-likeness (QED) is 0.753. The molecule has 2 heterocycles. The molecule has 1 aliphatic rings. The lowest BCUT2D eigenvalue weighted by atomic mass is 10.1. The highest BCUT2D eigenvalue weighted by molar-refractivity contribution is 5.50. The van der Waals surface area contributed by atoms with E-state index in [2.05, 4.69) is 26.7 Å². The number of hydrogen-bond donors (Lipinski definition) is 2. The summed E-state index contributed by atoms with van der Waals surface area (Å²) in [6.45, 7) is 1.87. The van der Waals surface area contributed by atoms with Crippen molar-refractivity contribution in [1.29, 1.82) is 0 Å². The van der Waals surface area contributed by atoms with Crippen LogP contribution in [0.25, 0.3) is 5.65 Å². The van der Waals surface area contributed by atoms with Crippen molar-refractivity contribution in [3.63, 3.8) is 0 Å². The van der Waals surface area contributed by atoms with Gasteiger partial charge >= 0.3 is 0 Å². The molecule has 0 fully saturated rings. The van der Waals surface area contributed by atoms with Crippen molar-refractivity contribution < 1.29 is 5.11 Å². The van der Waals surface area contributed by atoms with E-state index in [1.807, 2.05) is 25.1 Å². The number of hydrogen-bond acceptors (Lipinski definition) is 5. The summed E-state index contributed by atoms with van der Waals surface area (Å²) in [7, 11) is 0. The number of aryl methyl sites for hydroxylation is 1. The summed E-state index contributed by atoms with van der Waals surface area (Å²) in [5, 5.41) is 25.9. The van der Waals surface area contributed by atoms with E-state index in [9.17, 15) is 5.11 Å². The number of aromatic nitrogens is 4. The van der Waals surface area contributed by atoms with Crippen LogP contribution < -0.4 is 5.32 Å². The molecule has 2 N–H and O–H groups in total. The monoisotopic (exact) mass is 281 g/mol. The van der Waals surface area contributed by atoms with Gasteiger partial charge in [0.2, 0.25) is 0 Å². The molecular weight excluding hydrogens is 266 g/mol. The van der Waals surface area contributed by atoms with Gasteiger partial charge < -0.3 is 10.4 Å². The van der Waals surface area contributed by atoms with Gasteiger partial charge in [0.1, 0.15) is 11.6 Å². The molecule has 21 heavy (non-hydrogen) atoms. The van der Waals surface area contributed by atoms with E-state index in [4.69, 9.17) is 0 Å². The summed E-state index contributed by atoms with van der Waals surface area (Å²) in [6.07, 6.45) is 1.83. The van der Waals surface area contributed by atoms with E-state index in [1.54, 1.807) is 10.6 Å². The maximum Gasteiger partial charge on any atom is 0.178 e. The Kier molecular flexibility index (Phi) is 2.57. The molecule has 0 amide bonds. The van der Waals surface area contributed by atoms with Crippen LogP contribution in [0, 0.1) is 6.92 Å². The molecule has 1 unspecified atom stereocenters. The lowest BCUT2D eigenvalue weighted by Crippen LogP contribution is -2.10. The third-order valence-corrected chi connectivity index (χ3v) is 3.99. The van der Waals surface area contributed by atoms with E-state index in [0.29, 0.717) is 5.75 Å². The van der Waals surface area contributed by atoms with Crippen molar-refractivity contribution in [3.8, 4) is 5.75 Å². The van der Waals surface area contributed by atoms with Crippen molar-refractivity contribution in [3.05, 3.63) is 47.3 Å². The van der Waals surface area contributed by atoms with Gasteiger partial charge in [-0.1, -0.05) is 12.1 Å². The number of fused-ring (bicyclic) bond motifs is 2. The van der Waals surface area contributed by atoms with Gasteiger partial charge in [-0.05, 0) is 49.1 Å². The van der Waals surface area contributed by atoms with E-state index in [0.717, 1.165) is 41.3 Å². The fourth-order valence-electron chi connectivity index (χ4n) is 2.94. The van der Waals surface area contributed by atoms with E-state index in [-0.39, 0.29) is 6.04 Å². The van der Waals surface area contributed by atoms with Gasteiger partial charge in [-0.25, -0.2) is 0 Å². The van der Waals surface area contributed by atoms with Crippen LogP contribution in [0.4, 0.5) is 5.82 Å². The second kappa shape index (κ2) is 4.44. The SMILES string of the molecule is Cc1nnc2ccc(NC3CCc4c(O)cccc43)nn12. The van der Waals surface area contributed by atoms with Crippen molar-refractivity contribution >= 4 is 11.5 Å². The van der Waals surface area contributed by atoms with Crippen molar-refractivity contribution in [1.82, 2.24) is 19.8 Å². The molecule has 6 heteroatoms. The second-order valence-corrected chi connectivity index (χ2v) is 5.32. The number of anilines is 1. The number of phenolic OH excluding ortho intramolecular Hbond substituents is 1. The molecule has 3 aromatic rings. The first kappa shape index (κ1) is 12.1. The van der Waals surface area contributed by atoms with Crippen LogP contribution in [0.15, 0.2) is 30.3 Å². The van der Waals surface area contributed by atoms with E-state index >= 15 is 0 Å². The van der Waals surface area contributed by atoms with E-state index in [1.165, 1.54) is 0 Å². The summed E-state index contributed by atoms with van der Waals surface area (Å²) < 4.78 is 1.72. The zero-order valence-corrected chi connectivity index (χ0v) is 11.6. The molecule has 0 bridgehead atoms. The molecular formula is C15H15N5O. The van der Waals surface area contributed by atoms with Gasteiger partial charge in [-0.15, -0.1) is 15.3 Å². The van der Waals surface area contributed by atoms with Crippen molar-refractivity contribution in [2.45, 2.75) is 25.8 Å². The third-order valence-electron chi connectivity index (χ3n) is 3.99.